The standard InChI is InChI=1S/C14H24N2O2/c1-9(2)8-12-13(17)15-11-7-5-4-6-10(11)14(18)16(12)3/h9-12H,4-8H2,1-3H3,(H,15,17)/t10-,11+,12+/m1/s1. The van der Waals surface area contributed by atoms with E-state index in [2.05, 4.69) is 19.2 Å². The van der Waals surface area contributed by atoms with E-state index in [1.54, 1.807) is 11.9 Å². The molecule has 4 nitrogen and oxygen atoms in total. The maximum absolute atomic E-state index is 12.5. The van der Waals surface area contributed by atoms with Crippen LogP contribution in [0.4, 0.5) is 0 Å². The first-order valence-electron chi connectivity index (χ1n) is 7.07. The van der Waals surface area contributed by atoms with Gasteiger partial charge in [0.15, 0.2) is 0 Å². The lowest BCUT2D eigenvalue weighted by Gasteiger charge is -2.30. The molecular formula is C14H24N2O2. The van der Waals surface area contributed by atoms with E-state index >= 15 is 0 Å². The Morgan fingerprint density at radius 1 is 1.28 bits per heavy atom. The predicted molar refractivity (Wildman–Crippen MR) is 69.9 cm³/mol. The van der Waals surface area contributed by atoms with Crippen molar-refractivity contribution in [3.8, 4) is 0 Å². The van der Waals surface area contributed by atoms with E-state index in [4.69, 9.17) is 0 Å². The van der Waals surface area contributed by atoms with Crippen molar-refractivity contribution >= 4 is 11.8 Å². The highest BCUT2D eigenvalue weighted by atomic mass is 16.2. The molecule has 0 aromatic rings. The number of rotatable bonds is 2. The lowest BCUT2D eigenvalue weighted by atomic mass is 9.84. The maximum atomic E-state index is 12.5. The average Bonchev–Trinajstić information content (AvgIpc) is 2.41. The van der Waals surface area contributed by atoms with E-state index in [-0.39, 0.29) is 29.8 Å². The van der Waals surface area contributed by atoms with Gasteiger partial charge in [0.25, 0.3) is 0 Å². The van der Waals surface area contributed by atoms with Gasteiger partial charge in [0.2, 0.25) is 11.8 Å². The number of carbonyl (C=O) groups is 2. The summed E-state index contributed by atoms with van der Waals surface area (Å²) in [5.41, 5.74) is 0. The van der Waals surface area contributed by atoms with Crippen LogP contribution in [0.3, 0.4) is 0 Å². The van der Waals surface area contributed by atoms with Crippen LogP contribution >= 0.6 is 0 Å². The fourth-order valence-electron chi connectivity index (χ4n) is 3.18. The molecule has 0 radical (unpaired) electrons. The van der Waals surface area contributed by atoms with E-state index < -0.39 is 0 Å². The smallest absolute Gasteiger partial charge is 0.243 e. The van der Waals surface area contributed by atoms with Crippen molar-refractivity contribution in [1.29, 1.82) is 0 Å². The third-order valence-electron chi connectivity index (χ3n) is 4.22. The number of hydrogen-bond donors (Lipinski definition) is 1. The minimum Gasteiger partial charge on any atom is -0.351 e. The third-order valence-corrected chi connectivity index (χ3v) is 4.22. The Morgan fingerprint density at radius 2 is 1.94 bits per heavy atom. The molecule has 1 saturated heterocycles. The Kier molecular flexibility index (Phi) is 3.93. The number of fused-ring (bicyclic) bond motifs is 1. The van der Waals surface area contributed by atoms with Crippen LogP contribution in [-0.2, 0) is 9.59 Å². The van der Waals surface area contributed by atoms with Crippen molar-refractivity contribution in [2.45, 2.75) is 58.0 Å². The molecule has 0 aromatic heterocycles. The zero-order valence-electron chi connectivity index (χ0n) is 11.6. The molecule has 1 heterocycles. The van der Waals surface area contributed by atoms with E-state index in [0.717, 1.165) is 32.1 Å². The summed E-state index contributed by atoms with van der Waals surface area (Å²) in [4.78, 5) is 26.4. The normalized spacial score (nSPS) is 33.1. The first kappa shape index (κ1) is 13.4. The van der Waals surface area contributed by atoms with Gasteiger partial charge >= 0.3 is 0 Å². The van der Waals surface area contributed by atoms with E-state index in [1.807, 2.05) is 0 Å². The Bertz CT molecular complexity index is 341. The number of nitrogens with zero attached hydrogens (tertiary/aromatic N) is 1. The molecule has 0 unspecified atom stereocenters. The van der Waals surface area contributed by atoms with Crippen LogP contribution in [0, 0.1) is 11.8 Å². The van der Waals surface area contributed by atoms with Crippen molar-refractivity contribution in [2.75, 3.05) is 7.05 Å². The molecule has 2 rings (SSSR count). The fraction of sp³-hybridized carbons (Fsp3) is 0.857. The minimum atomic E-state index is -0.289. The highest BCUT2D eigenvalue weighted by Gasteiger charge is 2.41. The Balaban J connectivity index is 2.20. The summed E-state index contributed by atoms with van der Waals surface area (Å²) in [6, 6.07) is -0.221. The van der Waals surface area contributed by atoms with Crippen LogP contribution < -0.4 is 5.32 Å². The number of hydrogen-bond acceptors (Lipinski definition) is 2. The zero-order valence-corrected chi connectivity index (χ0v) is 11.6. The van der Waals surface area contributed by atoms with Gasteiger partial charge in [-0.15, -0.1) is 0 Å². The lowest BCUT2D eigenvalue weighted by molar-refractivity contribution is -0.139. The van der Waals surface area contributed by atoms with Gasteiger partial charge in [-0.1, -0.05) is 26.7 Å². The van der Waals surface area contributed by atoms with E-state index in [9.17, 15) is 9.59 Å². The summed E-state index contributed by atoms with van der Waals surface area (Å²) in [5, 5.41) is 3.10. The van der Waals surface area contributed by atoms with Crippen LogP contribution in [0.25, 0.3) is 0 Å². The second-order valence-corrected chi connectivity index (χ2v) is 6.10. The molecular weight excluding hydrogens is 228 g/mol. The molecule has 0 bridgehead atoms. The number of likely N-dealkylation sites (N-methyl/N-ethyl adjacent to an activating group) is 1. The van der Waals surface area contributed by atoms with Gasteiger partial charge in [-0.05, 0) is 25.2 Å². The fourth-order valence-corrected chi connectivity index (χ4v) is 3.18. The third kappa shape index (κ3) is 2.52. The Labute approximate surface area is 109 Å². The molecule has 2 amide bonds. The van der Waals surface area contributed by atoms with Crippen molar-refractivity contribution in [3.63, 3.8) is 0 Å². The summed E-state index contributed by atoms with van der Waals surface area (Å²) >= 11 is 0. The van der Waals surface area contributed by atoms with Crippen LogP contribution in [0.15, 0.2) is 0 Å². The summed E-state index contributed by atoms with van der Waals surface area (Å²) in [7, 11) is 1.78. The van der Waals surface area contributed by atoms with Crippen LogP contribution in [0.2, 0.25) is 0 Å². The van der Waals surface area contributed by atoms with Gasteiger partial charge in [0, 0.05) is 13.1 Å². The average molecular weight is 252 g/mol. The zero-order chi connectivity index (χ0) is 13.3. The van der Waals surface area contributed by atoms with Gasteiger partial charge in [-0.25, -0.2) is 0 Å². The molecule has 0 spiro atoms. The molecule has 2 fully saturated rings. The molecule has 0 aromatic carbocycles. The molecule has 1 aliphatic heterocycles. The van der Waals surface area contributed by atoms with Crippen molar-refractivity contribution < 1.29 is 9.59 Å². The monoisotopic (exact) mass is 252 g/mol. The number of nitrogens with one attached hydrogen (secondary N) is 1. The Hall–Kier alpha value is -1.06. The largest absolute Gasteiger partial charge is 0.351 e. The first-order chi connectivity index (χ1) is 8.50. The molecule has 18 heavy (non-hydrogen) atoms. The summed E-state index contributed by atoms with van der Waals surface area (Å²) in [6.45, 7) is 4.17. The predicted octanol–water partition coefficient (Wildman–Crippen LogP) is 1.55. The van der Waals surface area contributed by atoms with Crippen LogP contribution in [-0.4, -0.2) is 35.8 Å². The lowest BCUT2D eigenvalue weighted by Crippen LogP contribution is -2.45. The number of amides is 2. The Morgan fingerprint density at radius 3 is 2.61 bits per heavy atom. The van der Waals surface area contributed by atoms with Crippen molar-refractivity contribution in [1.82, 2.24) is 10.2 Å². The highest BCUT2D eigenvalue weighted by molar-refractivity contribution is 5.91. The molecule has 3 atom stereocenters. The quantitative estimate of drug-likeness (QED) is 0.810. The SMILES string of the molecule is CC(C)C[C@H]1C(=O)N[C@H]2CCCC[C@H]2C(=O)N1C. The van der Waals surface area contributed by atoms with Gasteiger partial charge in [0.05, 0.1) is 5.92 Å². The van der Waals surface area contributed by atoms with Gasteiger partial charge in [0.1, 0.15) is 6.04 Å². The van der Waals surface area contributed by atoms with Crippen LogP contribution in [0.5, 0.6) is 0 Å². The van der Waals surface area contributed by atoms with E-state index in [0.29, 0.717) is 5.92 Å². The van der Waals surface area contributed by atoms with Crippen LogP contribution in [0.1, 0.15) is 46.0 Å². The number of carbonyl (C=O) groups excluding carboxylic acids is 2. The first-order valence-corrected chi connectivity index (χ1v) is 7.07. The summed E-state index contributed by atoms with van der Waals surface area (Å²) in [6.07, 6.45) is 4.83. The second kappa shape index (κ2) is 5.29. The van der Waals surface area contributed by atoms with Gasteiger partial charge in [-0.3, -0.25) is 9.59 Å². The molecule has 1 aliphatic carbocycles. The molecule has 4 heteroatoms. The topological polar surface area (TPSA) is 49.4 Å². The van der Waals surface area contributed by atoms with Crippen molar-refractivity contribution in [2.24, 2.45) is 11.8 Å². The van der Waals surface area contributed by atoms with Gasteiger partial charge < -0.3 is 10.2 Å². The molecule has 2 aliphatic rings. The summed E-state index contributed by atoms with van der Waals surface area (Å²) in [5.74, 6) is 0.610. The summed E-state index contributed by atoms with van der Waals surface area (Å²) < 4.78 is 0. The molecule has 1 N–H and O–H groups in total. The van der Waals surface area contributed by atoms with Crippen molar-refractivity contribution in [3.05, 3.63) is 0 Å². The maximum Gasteiger partial charge on any atom is 0.243 e. The highest BCUT2D eigenvalue weighted by Crippen LogP contribution is 2.29. The molecule has 1 saturated carbocycles. The van der Waals surface area contributed by atoms with Gasteiger partial charge in [-0.2, -0.15) is 0 Å². The second-order valence-electron chi connectivity index (χ2n) is 6.10. The minimum absolute atomic E-state index is 0.00450. The molecule has 102 valence electrons. The van der Waals surface area contributed by atoms with E-state index in [1.165, 1.54) is 0 Å².